The van der Waals surface area contributed by atoms with Gasteiger partial charge in [-0.15, -0.1) is 0 Å². The largest absolute Gasteiger partial charge is 0.481 e. The molecule has 478 valence electrons. The zero-order chi connectivity index (χ0) is 63.8. The van der Waals surface area contributed by atoms with Gasteiger partial charge in [0, 0.05) is 44.2 Å². The average Bonchev–Trinajstić information content (AvgIpc) is 4.15. The average molecular weight is 1220 g/mol. The van der Waals surface area contributed by atoms with E-state index in [0.717, 1.165) is 0 Å². The number of carboxylic acids is 1. The van der Waals surface area contributed by atoms with E-state index < -0.39 is 151 Å². The van der Waals surface area contributed by atoms with Gasteiger partial charge in [-0.3, -0.25) is 62.5 Å². The molecule has 0 bridgehead atoms. The van der Waals surface area contributed by atoms with Gasteiger partial charge in [-0.1, -0.05) is 53.9 Å². The lowest BCUT2D eigenvalue weighted by atomic mass is 10.0. The fourth-order valence-electron chi connectivity index (χ4n) is 8.93. The summed E-state index contributed by atoms with van der Waals surface area (Å²) < 4.78 is 0. The summed E-state index contributed by atoms with van der Waals surface area (Å²) in [5.74, 6) is -11.1. The highest BCUT2D eigenvalue weighted by Gasteiger charge is 2.37. The van der Waals surface area contributed by atoms with E-state index in [4.69, 9.17) is 17.2 Å². The van der Waals surface area contributed by atoms with Crippen LogP contribution in [0.3, 0.4) is 0 Å². The summed E-state index contributed by atoms with van der Waals surface area (Å²) in [7, 11) is 0. The Bertz CT molecular complexity index is 2410. The van der Waals surface area contributed by atoms with Gasteiger partial charge < -0.3 is 85.6 Å². The van der Waals surface area contributed by atoms with E-state index in [2.05, 4.69) is 68.1 Å². The van der Waals surface area contributed by atoms with E-state index in [1.54, 1.807) is 27.0 Å². The lowest BCUT2D eigenvalue weighted by Gasteiger charge is -2.29. The van der Waals surface area contributed by atoms with Crippen molar-refractivity contribution in [1.82, 2.24) is 63.1 Å². The summed E-state index contributed by atoms with van der Waals surface area (Å²) in [4.78, 5) is 175. The van der Waals surface area contributed by atoms with Crippen LogP contribution in [0.4, 0.5) is 0 Å². The standard InChI is InChI=1S/C54H92N16O14S/c1-8-14-33-46(77)67-38(24-30(4)5)50(81)68-39(25-32-27-58-28-61-32)51(82)69-40(26-41(55)72)52(83)66-37(23-29(2)3)45(76)59-20-12-10-9-11-16-42(73)70-44(31(6)71)53(84)65-35(17-18-43(74)75)48(79)63-34(15-13-21-60-54(56)57)47(78)64-36(19-22-85-7)49(80)62-33/h27-31,33-40,44,71H,8-26H2,1-7H3,(H2,55,72)(H,58,61)(H,59,76)(H,62,80)(H,63,79)(H,64,78)(H,65,84)(H,66,83)(H,67,77)(H,68,81)(H,69,82)(H,70,73)(H,74,75)(H4,56,57,60)/t31-,33+,34+,35+,36+,37+,38+,39+,40+,44+/m1/s1. The first kappa shape index (κ1) is 73.5. The van der Waals surface area contributed by atoms with Crippen molar-refractivity contribution in [2.45, 2.75) is 205 Å². The Kier molecular flexibility index (Phi) is 33.8. The maximum absolute atomic E-state index is 14.4. The molecule has 0 unspecified atom stereocenters. The summed E-state index contributed by atoms with van der Waals surface area (Å²) in [6.07, 6.45) is 3.03. The molecular formula is C54H92N16O14S. The van der Waals surface area contributed by atoms with Gasteiger partial charge in [-0.25, -0.2) is 4.98 Å². The highest BCUT2D eigenvalue weighted by Crippen LogP contribution is 2.13. The number of aromatic amines is 1. The Labute approximate surface area is 500 Å². The lowest BCUT2D eigenvalue weighted by molar-refractivity contribution is -0.139. The molecule has 85 heavy (non-hydrogen) atoms. The smallest absolute Gasteiger partial charge is 0.303 e. The number of H-pyrrole nitrogens is 1. The third kappa shape index (κ3) is 29.2. The quantitative estimate of drug-likeness (QED) is 0.0336. The molecule has 2 rings (SSSR count). The molecule has 0 aromatic carbocycles. The number of hydrogen-bond donors (Lipinski definition) is 16. The van der Waals surface area contributed by atoms with Crippen LogP contribution in [-0.2, 0) is 64.0 Å². The number of nitrogens with zero attached hydrogens (tertiary/aromatic N) is 2. The highest BCUT2D eigenvalue weighted by molar-refractivity contribution is 7.98. The summed E-state index contributed by atoms with van der Waals surface area (Å²) in [6.45, 7) is 10.3. The third-order valence-corrected chi connectivity index (χ3v) is 14.0. The zero-order valence-electron chi connectivity index (χ0n) is 49.8. The number of aliphatic hydroxyl groups excluding tert-OH is 1. The second-order valence-electron chi connectivity index (χ2n) is 21.9. The van der Waals surface area contributed by atoms with E-state index >= 15 is 0 Å². The maximum atomic E-state index is 14.4. The van der Waals surface area contributed by atoms with Crippen molar-refractivity contribution in [1.29, 1.82) is 0 Å². The summed E-state index contributed by atoms with van der Waals surface area (Å²) >= 11 is 1.33. The minimum atomic E-state index is -1.64. The predicted molar refractivity (Wildman–Crippen MR) is 315 cm³/mol. The lowest BCUT2D eigenvalue weighted by Crippen LogP contribution is -2.61. The number of imidazole rings is 1. The van der Waals surface area contributed by atoms with Crippen molar-refractivity contribution >= 4 is 88.7 Å². The van der Waals surface area contributed by atoms with Gasteiger partial charge in [-0.05, 0) is 88.6 Å². The first-order valence-electron chi connectivity index (χ1n) is 28.9. The number of hydrogen-bond acceptors (Lipinski definition) is 16. The van der Waals surface area contributed by atoms with Crippen LogP contribution in [-0.4, -0.2) is 183 Å². The molecule has 1 aliphatic heterocycles. The van der Waals surface area contributed by atoms with Crippen molar-refractivity contribution in [2.24, 2.45) is 34.0 Å². The molecule has 19 N–H and O–H groups in total. The molecule has 0 saturated carbocycles. The molecule has 10 atom stereocenters. The van der Waals surface area contributed by atoms with Gasteiger partial charge in [0.1, 0.15) is 54.4 Å². The SMILES string of the molecule is CCC[C@@H]1NC(=O)[C@H](CCSC)NC(=O)[C@H](CCCN=C(N)N)NC(=O)[C@H](CCC(=O)O)NC(=O)[C@H]([C@@H](C)O)NC(=O)CCCCCCNC(=O)[C@H](CC(C)C)NC(=O)[C@H](CC(N)=O)NC(=O)[C@H](Cc2cnc[nH]2)NC(=O)[C@H](CC(C)C)NC1=O. The van der Waals surface area contributed by atoms with E-state index in [9.17, 15) is 67.7 Å². The van der Waals surface area contributed by atoms with Crippen LogP contribution < -0.4 is 70.4 Å². The monoisotopic (exact) mass is 1220 g/mol. The number of guanidine groups is 1. The minimum Gasteiger partial charge on any atom is -0.481 e. The Balaban J connectivity index is 2.74. The summed E-state index contributed by atoms with van der Waals surface area (Å²) in [6, 6.07) is -12.9. The van der Waals surface area contributed by atoms with Gasteiger partial charge in [0.05, 0.1) is 18.9 Å². The van der Waals surface area contributed by atoms with Gasteiger partial charge in [0.15, 0.2) is 5.96 Å². The number of nitrogens with two attached hydrogens (primary N) is 3. The molecule has 0 aliphatic carbocycles. The van der Waals surface area contributed by atoms with Crippen molar-refractivity contribution in [3.8, 4) is 0 Å². The molecule has 1 aromatic heterocycles. The number of aliphatic hydroxyl groups is 1. The fraction of sp³-hybridized carbons (Fsp3) is 0.704. The van der Waals surface area contributed by atoms with Crippen molar-refractivity contribution in [3.63, 3.8) is 0 Å². The number of carbonyl (C=O) groups excluding carboxylic acids is 11. The van der Waals surface area contributed by atoms with Gasteiger partial charge in [0.2, 0.25) is 65.0 Å². The third-order valence-electron chi connectivity index (χ3n) is 13.4. The van der Waals surface area contributed by atoms with Gasteiger partial charge in [0.25, 0.3) is 0 Å². The number of rotatable bonds is 21. The van der Waals surface area contributed by atoms with Crippen molar-refractivity contribution in [2.75, 3.05) is 25.1 Å². The molecule has 1 aliphatic rings. The molecule has 0 radical (unpaired) electrons. The van der Waals surface area contributed by atoms with E-state index in [-0.39, 0.29) is 82.3 Å². The minimum absolute atomic E-state index is 0.00555. The highest BCUT2D eigenvalue weighted by atomic mass is 32.2. The van der Waals surface area contributed by atoms with Crippen molar-refractivity contribution < 1.29 is 67.7 Å². The first-order valence-corrected chi connectivity index (χ1v) is 30.2. The second-order valence-corrected chi connectivity index (χ2v) is 22.9. The molecule has 30 nitrogen and oxygen atoms in total. The number of aliphatic carboxylic acids is 1. The molecule has 1 fully saturated rings. The van der Waals surface area contributed by atoms with E-state index in [1.807, 2.05) is 13.8 Å². The van der Waals surface area contributed by atoms with Crippen LogP contribution in [0.15, 0.2) is 17.5 Å². The Morgan fingerprint density at radius 3 is 1.62 bits per heavy atom. The molecule has 0 spiro atoms. The number of primary amides is 1. The second kappa shape index (κ2) is 39.1. The van der Waals surface area contributed by atoms with E-state index in [0.29, 0.717) is 43.6 Å². The molecule has 1 aromatic rings. The van der Waals surface area contributed by atoms with Crippen LogP contribution in [0.5, 0.6) is 0 Å². The van der Waals surface area contributed by atoms with Crippen LogP contribution >= 0.6 is 11.8 Å². The summed E-state index contributed by atoms with van der Waals surface area (Å²) in [5.41, 5.74) is 17.0. The van der Waals surface area contributed by atoms with Crippen LogP contribution in [0, 0.1) is 11.8 Å². The number of aromatic nitrogens is 2. The summed E-state index contributed by atoms with van der Waals surface area (Å²) in [5, 5.41) is 46.3. The number of amides is 11. The Morgan fingerprint density at radius 1 is 0.624 bits per heavy atom. The number of carboxylic acid groups (broad SMARTS) is 1. The molecule has 2 heterocycles. The number of carbonyl (C=O) groups is 12. The van der Waals surface area contributed by atoms with Gasteiger partial charge in [-0.2, -0.15) is 11.8 Å². The predicted octanol–water partition coefficient (Wildman–Crippen LogP) is -2.78. The molecule has 1 saturated heterocycles. The molecule has 11 amide bonds. The first-order chi connectivity index (χ1) is 40.1. The topological polar surface area (TPSA) is 485 Å². The maximum Gasteiger partial charge on any atom is 0.303 e. The van der Waals surface area contributed by atoms with Crippen LogP contribution in [0.2, 0.25) is 0 Å². The molecule has 31 heteroatoms. The number of thioether (sulfide) groups is 1. The van der Waals surface area contributed by atoms with Crippen LogP contribution in [0.25, 0.3) is 0 Å². The zero-order valence-corrected chi connectivity index (χ0v) is 50.7. The fourth-order valence-corrected chi connectivity index (χ4v) is 9.40. The number of aliphatic imine (C=N–C) groups is 1. The van der Waals surface area contributed by atoms with E-state index in [1.165, 1.54) is 31.2 Å². The van der Waals surface area contributed by atoms with Crippen molar-refractivity contribution in [3.05, 3.63) is 18.2 Å². The number of nitrogens with one attached hydrogen (secondary N) is 11. The van der Waals surface area contributed by atoms with Gasteiger partial charge >= 0.3 is 5.97 Å². The molecular weight excluding hydrogens is 1130 g/mol. The normalized spacial score (nSPS) is 24.5. The van der Waals surface area contributed by atoms with Crippen LogP contribution in [0.1, 0.15) is 144 Å². The Hall–Kier alpha value is -7.57. The Morgan fingerprint density at radius 2 is 1.11 bits per heavy atom.